The fraction of sp³-hybridized carbons (Fsp3) is 0.500. The Kier molecular flexibility index (Phi) is 3.89. The first-order valence-corrected chi connectivity index (χ1v) is 5.41. The highest BCUT2D eigenvalue weighted by molar-refractivity contribution is 9.10. The maximum atomic E-state index is 9.75. The minimum Gasteiger partial charge on any atom is -0.388 e. The zero-order valence-electron chi connectivity index (χ0n) is 8.42. The second-order valence-corrected chi connectivity index (χ2v) is 4.36. The number of anilines is 1. The molecule has 0 amide bonds. The first-order chi connectivity index (χ1) is 6.53. The molecule has 0 saturated carbocycles. The van der Waals surface area contributed by atoms with Gasteiger partial charge in [-0.1, -0.05) is 13.0 Å². The molecule has 1 atom stereocenters. The van der Waals surface area contributed by atoms with Crippen molar-refractivity contribution in [2.75, 3.05) is 11.9 Å². The maximum Gasteiger partial charge on any atom is 0.127 e. The van der Waals surface area contributed by atoms with Crippen LogP contribution in [0.5, 0.6) is 0 Å². The highest BCUT2D eigenvalue weighted by Gasteiger charge is 2.16. The van der Waals surface area contributed by atoms with Crippen molar-refractivity contribution in [3.63, 3.8) is 0 Å². The summed E-state index contributed by atoms with van der Waals surface area (Å²) in [6.07, 6.45) is 0.716. The zero-order valence-corrected chi connectivity index (χ0v) is 10.0. The summed E-state index contributed by atoms with van der Waals surface area (Å²) in [6, 6.07) is 5.64. The monoisotopic (exact) mass is 258 g/mol. The lowest BCUT2D eigenvalue weighted by atomic mass is 10.0. The van der Waals surface area contributed by atoms with Crippen molar-refractivity contribution in [2.45, 2.75) is 25.9 Å². The van der Waals surface area contributed by atoms with Crippen LogP contribution in [0.3, 0.4) is 0 Å². The molecule has 1 unspecified atom stereocenters. The largest absolute Gasteiger partial charge is 0.388 e. The van der Waals surface area contributed by atoms with Gasteiger partial charge in [0.2, 0.25) is 0 Å². The minimum atomic E-state index is -0.677. The van der Waals surface area contributed by atoms with Gasteiger partial charge in [0.25, 0.3) is 0 Å². The molecular weight excluding hydrogens is 244 g/mol. The normalized spacial score (nSPS) is 14.9. The molecular formula is C10H15BrN2O. The van der Waals surface area contributed by atoms with Gasteiger partial charge in [0.05, 0.1) is 5.60 Å². The van der Waals surface area contributed by atoms with E-state index < -0.39 is 5.60 Å². The van der Waals surface area contributed by atoms with Crippen LogP contribution in [-0.2, 0) is 0 Å². The molecule has 4 heteroatoms. The van der Waals surface area contributed by atoms with Gasteiger partial charge in [-0.05, 0) is 41.4 Å². The molecule has 0 aliphatic carbocycles. The fourth-order valence-corrected chi connectivity index (χ4v) is 1.26. The molecule has 0 aromatic carbocycles. The van der Waals surface area contributed by atoms with E-state index in [0.717, 1.165) is 10.4 Å². The standard InChI is InChI=1S/C10H15BrN2O/c1-3-10(2,14)7-12-9-6-4-5-8(11)13-9/h4-6,14H,3,7H2,1-2H3,(H,12,13). The van der Waals surface area contributed by atoms with Crippen molar-refractivity contribution >= 4 is 21.7 Å². The van der Waals surface area contributed by atoms with Crippen LogP contribution in [0.1, 0.15) is 20.3 Å². The molecule has 2 N–H and O–H groups in total. The zero-order chi connectivity index (χ0) is 10.6. The van der Waals surface area contributed by atoms with Crippen molar-refractivity contribution in [1.82, 2.24) is 4.98 Å². The van der Waals surface area contributed by atoms with Crippen LogP contribution in [0.2, 0.25) is 0 Å². The molecule has 0 aliphatic heterocycles. The molecule has 1 aromatic rings. The Morgan fingerprint density at radius 3 is 2.86 bits per heavy atom. The first-order valence-electron chi connectivity index (χ1n) is 4.62. The third-order valence-corrected chi connectivity index (χ3v) is 2.57. The summed E-state index contributed by atoms with van der Waals surface area (Å²) in [5.41, 5.74) is -0.677. The van der Waals surface area contributed by atoms with Crippen molar-refractivity contribution < 1.29 is 5.11 Å². The average Bonchev–Trinajstić information content (AvgIpc) is 2.15. The Bertz CT molecular complexity index is 302. The third kappa shape index (κ3) is 3.64. The van der Waals surface area contributed by atoms with E-state index in [0.29, 0.717) is 13.0 Å². The summed E-state index contributed by atoms with van der Waals surface area (Å²) in [7, 11) is 0. The average molecular weight is 259 g/mol. The summed E-state index contributed by atoms with van der Waals surface area (Å²) >= 11 is 3.29. The molecule has 1 rings (SSSR count). The molecule has 0 spiro atoms. The van der Waals surface area contributed by atoms with Gasteiger partial charge in [0.15, 0.2) is 0 Å². The summed E-state index contributed by atoms with van der Waals surface area (Å²) in [5.74, 6) is 0.771. The Morgan fingerprint density at radius 2 is 2.29 bits per heavy atom. The van der Waals surface area contributed by atoms with Gasteiger partial charge in [0.1, 0.15) is 10.4 Å². The van der Waals surface area contributed by atoms with E-state index in [1.165, 1.54) is 0 Å². The van der Waals surface area contributed by atoms with Crippen molar-refractivity contribution in [1.29, 1.82) is 0 Å². The van der Waals surface area contributed by atoms with Crippen molar-refractivity contribution in [3.8, 4) is 0 Å². The number of nitrogens with one attached hydrogen (secondary N) is 1. The van der Waals surface area contributed by atoms with E-state index in [-0.39, 0.29) is 0 Å². The van der Waals surface area contributed by atoms with E-state index in [9.17, 15) is 5.11 Å². The topological polar surface area (TPSA) is 45.1 Å². The first kappa shape index (κ1) is 11.5. The van der Waals surface area contributed by atoms with E-state index in [4.69, 9.17) is 0 Å². The van der Waals surface area contributed by atoms with E-state index in [1.807, 2.05) is 25.1 Å². The molecule has 0 bridgehead atoms. The lowest BCUT2D eigenvalue weighted by Crippen LogP contribution is -2.32. The number of rotatable bonds is 4. The number of aromatic nitrogens is 1. The number of aliphatic hydroxyl groups is 1. The molecule has 1 heterocycles. The molecule has 1 aromatic heterocycles. The Morgan fingerprint density at radius 1 is 1.57 bits per heavy atom. The number of pyridine rings is 1. The van der Waals surface area contributed by atoms with E-state index >= 15 is 0 Å². The predicted octanol–water partition coefficient (Wildman–Crippen LogP) is 2.42. The number of halogens is 1. The summed E-state index contributed by atoms with van der Waals surface area (Å²) in [6.45, 7) is 4.26. The molecule has 0 fully saturated rings. The quantitative estimate of drug-likeness (QED) is 0.816. The summed E-state index contributed by atoms with van der Waals surface area (Å²) < 4.78 is 0.790. The molecule has 0 aliphatic rings. The molecule has 0 radical (unpaired) electrons. The highest BCUT2D eigenvalue weighted by atomic mass is 79.9. The van der Waals surface area contributed by atoms with Gasteiger partial charge in [0, 0.05) is 6.54 Å². The van der Waals surface area contributed by atoms with Crippen LogP contribution in [0.15, 0.2) is 22.8 Å². The Labute approximate surface area is 92.7 Å². The third-order valence-electron chi connectivity index (χ3n) is 2.13. The molecule has 78 valence electrons. The number of hydrogen-bond acceptors (Lipinski definition) is 3. The molecule has 0 saturated heterocycles. The van der Waals surface area contributed by atoms with Crippen LogP contribution in [0, 0.1) is 0 Å². The van der Waals surface area contributed by atoms with Gasteiger partial charge in [-0.2, -0.15) is 0 Å². The van der Waals surface area contributed by atoms with Crippen LogP contribution < -0.4 is 5.32 Å². The van der Waals surface area contributed by atoms with Gasteiger partial charge in [-0.25, -0.2) is 4.98 Å². The van der Waals surface area contributed by atoms with Crippen LogP contribution in [-0.4, -0.2) is 22.2 Å². The fourth-order valence-electron chi connectivity index (χ4n) is 0.913. The molecule has 14 heavy (non-hydrogen) atoms. The molecule has 3 nitrogen and oxygen atoms in total. The summed E-state index contributed by atoms with van der Waals surface area (Å²) in [4.78, 5) is 4.20. The lowest BCUT2D eigenvalue weighted by Gasteiger charge is -2.21. The smallest absolute Gasteiger partial charge is 0.127 e. The van der Waals surface area contributed by atoms with Crippen LogP contribution in [0.4, 0.5) is 5.82 Å². The second kappa shape index (κ2) is 4.75. The second-order valence-electron chi connectivity index (χ2n) is 3.55. The van der Waals surface area contributed by atoms with Crippen molar-refractivity contribution in [3.05, 3.63) is 22.8 Å². The van der Waals surface area contributed by atoms with E-state index in [2.05, 4.69) is 26.2 Å². The van der Waals surface area contributed by atoms with Gasteiger partial charge in [-0.15, -0.1) is 0 Å². The Hall–Kier alpha value is -0.610. The lowest BCUT2D eigenvalue weighted by molar-refractivity contribution is 0.0696. The minimum absolute atomic E-state index is 0.507. The number of hydrogen-bond donors (Lipinski definition) is 2. The van der Waals surface area contributed by atoms with Gasteiger partial charge in [-0.3, -0.25) is 0 Å². The van der Waals surface area contributed by atoms with Crippen LogP contribution in [0.25, 0.3) is 0 Å². The summed E-state index contributed by atoms with van der Waals surface area (Å²) in [5, 5.41) is 12.8. The maximum absolute atomic E-state index is 9.75. The van der Waals surface area contributed by atoms with Gasteiger partial charge < -0.3 is 10.4 Å². The van der Waals surface area contributed by atoms with Crippen LogP contribution >= 0.6 is 15.9 Å². The van der Waals surface area contributed by atoms with E-state index in [1.54, 1.807) is 6.92 Å². The van der Waals surface area contributed by atoms with Crippen molar-refractivity contribution in [2.24, 2.45) is 0 Å². The van der Waals surface area contributed by atoms with Gasteiger partial charge >= 0.3 is 0 Å². The Balaban J connectivity index is 2.54. The predicted molar refractivity (Wildman–Crippen MR) is 61.3 cm³/mol. The SMILES string of the molecule is CCC(C)(O)CNc1cccc(Br)n1. The number of nitrogens with zero attached hydrogens (tertiary/aromatic N) is 1. The highest BCUT2D eigenvalue weighted by Crippen LogP contribution is 2.13.